The summed E-state index contributed by atoms with van der Waals surface area (Å²) in [5.41, 5.74) is 10.2. The first-order chi connectivity index (χ1) is 50.2. The van der Waals surface area contributed by atoms with Gasteiger partial charge in [-0.05, 0) is 126 Å². The van der Waals surface area contributed by atoms with Gasteiger partial charge in [0.2, 0.25) is 5.91 Å². The van der Waals surface area contributed by atoms with E-state index in [0.717, 1.165) is 104 Å². The molecule has 0 radical (unpaired) electrons. The van der Waals surface area contributed by atoms with Crippen molar-refractivity contribution in [2.24, 2.45) is 48.5 Å². The number of para-hydroxylation sites is 4. The van der Waals surface area contributed by atoms with E-state index in [1.165, 1.54) is 46.0 Å². The molecule has 106 heavy (non-hydrogen) atoms. The summed E-state index contributed by atoms with van der Waals surface area (Å²) in [4.78, 5) is 50.1. The van der Waals surface area contributed by atoms with E-state index < -0.39 is 0 Å². The first-order valence-electron chi connectivity index (χ1n) is 37.6. The minimum Gasteiger partial charge on any atom is -0.374 e. The molecule has 0 atom stereocenters. The summed E-state index contributed by atoms with van der Waals surface area (Å²) < 4.78 is 1.76. The fourth-order valence-corrected chi connectivity index (χ4v) is 8.71. The van der Waals surface area contributed by atoms with Gasteiger partial charge in [0.15, 0.2) is 0 Å². The van der Waals surface area contributed by atoms with Crippen molar-refractivity contribution >= 4 is 72.7 Å². The predicted molar refractivity (Wildman–Crippen MR) is 453 cm³/mol. The second-order valence-corrected chi connectivity index (χ2v) is 30.5. The monoisotopic (exact) mass is 1440 g/mol. The molecule has 16 nitrogen and oxygen atoms in total. The molecule has 0 spiro atoms. The van der Waals surface area contributed by atoms with Crippen molar-refractivity contribution in [3.63, 3.8) is 0 Å². The third kappa shape index (κ3) is 41.6. The average Bonchev–Trinajstić information content (AvgIpc) is 1.62. The lowest BCUT2D eigenvalue weighted by atomic mass is 10.00. The van der Waals surface area contributed by atoms with Crippen LogP contribution in [0.5, 0.6) is 0 Å². The largest absolute Gasteiger partial charge is 0.374 e. The number of anilines is 2. The highest BCUT2D eigenvalue weighted by Gasteiger charge is 2.27. The minimum atomic E-state index is -0.108. The number of amides is 3. The van der Waals surface area contributed by atoms with Gasteiger partial charge < -0.3 is 19.6 Å². The van der Waals surface area contributed by atoms with Crippen molar-refractivity contribution in [3.8, 4) is 0 Å². The van der Waals surface area contributed by atoms with Crippen LogP contribution >= 0.6 is 0 Å². The quantitative estimate of drug-likeness (QED) is 0.141. The number of aromatic nitrogens is 9. The molecule has 7 aromatic carbocycles. The zero-order chi connectivity index (χ0) is 79.7. The molecule has 574 valence electrons. The van der Waals surface area contributed by atoms with Gasteiger partial charge in [0, 0.05) is 87.3 Å². The number of fused-ring (bicyclic) bond motifs is 7. The maximum atomic E-state index is 11.9. The third-order valence-corrected chi connectivity index (χ3v) is 13.1. The molecule has 11 aromatic rings. The van der Waals surface area contributed by atoms with E-state index in [0.29, 0.717) is 11.3 Å². The van der Waals surface area contributed by atoms with Crippen LogP contribution in [0.3, 0.4) is 0 Å². The molecule has 3 amide bonds. The van der Waals surface area contributed by atoms with Gasteiger partial charge in [-0.15, -0.1) is 5.10 Å². The molecule has 3 aliphatic rings. The number of hydrogen-bond donors (Lipinski definition) is 0. The van der Waals surface area contributed by atoms with Crippen molar-refractivity contribution in [2.75, 3.05) is 57.6 Å². The molecular formula is C90H131N13O3. The molecule has 0 saturated heterocycles. The predicted octanol–water partition coefficient (Wildman–Crippen LogP) is 21.6. The lowest BCUT2D eigenvalue weighted by Crippen LogP contribution is -2.35. The molecule has 0 bridgehead atoms. The molecule has 3 aliphatic heterocycles. The van der Waals surface area contributed by atoms with Gasteiger partial charge in [0.25, 0.3) is 11.8 Å². The number of likely N-dealkylation sites (N-methyl/N-ethyl adjacent to an activating group) is 3. The topological polar surface area (TPSA) is 172 Å². The maximum absolute atomic E-state index is 11.9. The normalized spacial score (nSPS) is 12.0. The number of aryl methyl sites for hydroxylation is 2. The molecule has 0 saturated carbocycles. The van der Waals surface area contributed by atoms with Crippen LogP contribution in [0.1, 0.15) is 184 Å². The number of rotatable bonds is 0. The lowest BCUT2D eigenvalue weighted by Gasteiger charge is -2.26. The van der Waals surface area contributed by atoms with E-state index in [1.54, 1.807) is 66.8 Å². The number of benzene rings is 7. The molecule has 4 aromatic heterocycles. The first kappa shape index (κ1) is 94.2. The zero-order valence-electron chi connectivity index (χ0n) is 69.5. The second kappa shape index (κ2) is 53.9. The Labute approximate surface area is 638 Å². The Morgan fingerprint density at radius 1 is 0.349 bits per heavy atom. The number of carbonyl (C=O) groups excluding carboxylic acids is 3. The van der Waals surface area contributed by atoms with E-state index in [1.807, 2.05) is 154 Å². The zero-order valence-corrected chi connectivity index (χ0v) is 69.5. The molecule has 7 heterocycles. The Balaban J connectivity index is 0.000000585. The third-order valence-electron chi connectivity index (χ3n) is 13.1. The van der Waals surface area contributed by atoms with Gasteiger partial charge >= 0.3 is 0 Å². The fraction of sp³-hybridized carbons (Fsp3) is 0.433. The SMILES string of the molecule is CC(C)C.CC(C)C.CC(C)C.CC(C)C.CC(C)C.CC(C)C.CC(C)C.CN1CC(=O)N(C)c2ccccc2C1=O.CN1CCCc2ccccc21.CN1CCc2ccccc2C1=O.Cn1nnc2ccccc21.c1ccc2cnncc2c1.c1ccc2ncncc2c1.c1ccc2nnccc2c1. The van der Waals surface area contributed by atoms with Crippen LogP contribution in [-0.4, -0.2) is 121 Å². The number of nitrogens with zero attached hydrogens (tertiary/aromatic N) is 13. The van der Waals surface area contributed by atoms with Crippen LogP contribution in [-0.2, 0) is 24.7 Å². The molecule has 0 aliphatic carbocycles. The van der Waals surface area contributed by atoms with E-state index in [-0.39, 0.29) is 24.3 Å². The van der Waals surface area contributed by atoms with Crippen LogP contribution in [0.15, 0.2) is 207 Å². The fourth-order valence-electron chi connectivity index (χ4n) is 8.71. The molecular weight excluding hydrogens is 1310 g/mol. The summed E-state index contributed by atoms with van der Waals surface area (Å²) in [5.74, 6) is 5.80. The summed E-state index contributed by atoms with van der Waals surface area (Å²) in [6.45, 7) is 47.7. The highest BCUT2D eigenvalue weighted by Crippen LogP contribution is 2.26. The van der Waals surface area contributed by atoms with Gasteiger partial charge in [-0.1, -0.05) is 272 Å². The van der Waals surface area contributed by atoms with E-state index >= 15 is 0 Å². The van der Waals surface area contributed by atoms with Crippen LogP contribution < -0.4 is 9.80 Å². The molecule has 0 unspecified atom stereocenters. The minimum absolute atomic E-state index is 0.0733. The van der Waals surface area contributed by atoms with E-state index in [9.17, 15) is 14.4 Å². The molecule has 14 rings (SSSR count). The second-order valence-electron chi connectivity index (χ2n) is 30.5. The highest BCUT2D eigenvalue weighted by molar-refractivity contribution is 6.09. The van der Waals surface area contributed by atoms with Gasteiger partial charge in [-0.25, -0.2) is 14.6 Å². The Bertz CT molecular complexity index is 3700. The maximum Gasteiger partial charge on any atom is 0.256 e. The van der Waals surface area contributed by atoms with Gasteiger partial charge in [0.1, 0.15) is 18.4 Å². The van der Waals surface area contributed by atoms with Crippen LogP contribution in [0.2, 0.25) is 0 Å². The Morgan fingerprint density at radius 2 is 0.774 bits per heavy atom. The summed E-state index contributed by atoms with van der Waals surface area (Å²) in [6, 6.07) is 57.3. The van der Waals surface area contributed by atoms with Crippen molar-refractivity contribution in [2.45, 2.75) is 165 Å². The van der Waals surface area contributed by atoms with Crippen LogP contribution in [0, 0.1) is 41.4 Å². The summed E-state index contributed by atoms with van der Waals surface area (Å²) >= 11 is 0. The number of hydrogen-bond acceptors (Lipinski definition) is 12. The summed E-state index contributed by atoms with van der Waals surface area (Å²) in [5, 5.41) is 27.5. The van der Waals surface area contributed by atoms with E-state index in [2.05, 4.69) is 222 Å². The van der Waals surface area contributed by atoms with Gasteiger partial charge in [-0.2, -0.15) is 20.4 Å². The summed E-state index contributed by atoms with van der Waals surface area (Å²) in [6.07, 6.45) is 12.1. The lowest BCUT2D eigenvalue weighted by molar-refractivity contribution is -0.118. The van der Waals surface area contributed by atoms with Gasteiger partial charge in [0.05, 0.1) is 46.4 Å². The molecule has 16 heteroatoms. The average molecular weight is 1440 g/mol. The van der Waals surface area contributed by atoms with Crippen molar-refractivity contribution < 1.29 is 14.4 Å². The van der Waals surface area contributed by atoms with Crippen molar-refractivity contribution in [1.82, 2.24) is 55.2 Å². The van der Waals surface area contributed by atoms with Crippen LogP contribution in [0.25, 0.3) is 43.6 Å². The van der Waals surface area contributed by atoms with Crippen LogP contribution in [0.4, 0.5) is 11.4 Å². The Kier molecular flexibility index (Phi) is 47.9. The Morgan fingerprint density at radius 3 is 1.28 bits per heavy atom. The number of carbonyl (C=O) groups is 3. The Hall–Kier alpha value is -9.83. The molecule has 0 fully saturated rings. The van der Waals surface area contributed by atoms with Gasteiger partial charge in [-0.3, -0.25) is 14.4 Å². The van der Waals surface area contributed by atoms with Crippen molar-refractivity contribution in [1.29, 1.82) is 0 Å². The molecule has 0 N–H and O–H groups in total. The van der Waals surface area contributed by atoms with Crippen molar-refractivity contribution in [3.05, 3.63) is 229 Å². The summed E-state index contributed by atoms with van der Waals surface area (Å²) in [7, 11) is 9.22. The van der Waals surface area contributed by atoms with E-state index in [4.69, 9.17) is 0 Å². The standard InChI is InChI=1S/C11H12N2O2.C10H11NO.C10H13N.3C8H6N2.C7H7N3.7C4H10/c1-12-7-10(14)13(2)9-6-4-3-5-8(9)11(12)15;1-11-7-6-8-4-2-3-5-9(8)10(11)12;1-11-8-4-6-9-5-2-3-7-10(9)11;1-2-4-8-7(3-1)5-9-6-10-8;1-2-4-8-6-10-9-5-7(8)3-1;1-2-4-8-7(3-1)5-6-9-10-8;1-10-7-5-3-2-4-6(7)8-9-10;7*1-4(2)3/h3-6H,7H2,1-2H3;2-5H,6-7H2,1H3;2-3,5,7H,4,6,8H2,1H3;3*1-6H;2-5H,1H3;7*4H,1-3H3. The smallest absolute Gasteiger partial charge is 0.256 e. The highest BCUT2D eigenvalue weighted by atomic mass is 16.2. The first-order valence-corrected chi connectivity index (χ1v) is 37.6.